The van der Waals surface area contributed by atoms with Gasteiger partial charge in [-0.1, -0.05) is 23.7 Å². The van der Waals surface area contributed by atoms with Gasteiger partial charge in [-0.05, 0) is 43.9 Å². The standard InChI is InChI=1S/C17H26ClN3O2S.HI/c1-13(8-11-24(3,22)23)21-16(19-2)20-12-17(9-10-17)14-4-6-15(18)7-5-14;/h4-7,13H,8-12H2,1-3H3,(H2,19,20,21);1H. The van der Waals surface area contributed by atoms with E-state index in [0.717, 1.165) is 24.4 Å². The third kappa shape index (κ3) is 7.30. The van der Waals surface area contributed by atoms with Crippen LogP contribution in [0.4, 0.5) is 0 Å². The van der Waals surface area contributed by atoms with E-state index in [2.05, 4.69) is 27.8 Å². The summed E-state index contributed by atoms with van der Waals surface area (Å²) in [5, 5.41) is 7.37. The fourth-order valence-corrected chi connectivity index (χ4v) is 3.57. The smallest absolute Gasteiger partial charge is 0.191 e. The number of hydrogen-bond acceptors (Lipinski definition) is 3. The number of sulfone groups is 1. The van der Waals surface area contributed by atoms with E-state index >= 15 is 0 Å². The van der Waals surface area contributed by atoms with Gasteiger partial charge in [0.1, 0.15) is 9.84 Å². The first-order valence-electron chi connectivity index (χ1n) is 8.15. The number of guanidine groups is 1. The van der Waals surface area contributed by atoms with Gasteiger partial charge in [0.05, 0.1) is 5.75 Å². The van der Waals surface area contributed by atoms with Crippen LogP contribution in [0.5, 0.6) is 0 Å². The van der Waals surface area contributed by atoms with Crippen molar-refractivity contribution in [1.82, 2.24) is 10.6 Å². The molecule has 1 aromatic carbocycles. The maximum Gasteiger partial charge on any atom is 0.191 e. The lowest BCUT2D eigenvalue weighted by atomic mass is 9.96. The van der Waals surface area contributed by atoms with Gasteiger partial charge in [-0.2, -0.15) is 0 Å². The van der Waals surface area contributed by atoms with Gasteiger partial charge in [0, 0.05) is 36.3 Å². The molecule has 0 radical (unpaired) electrons. The molecule has 5 nitrogen and oxygen atoms in total. The van der Waals surface area contributed by atoms with Crippen molar-refractivity contribution in [2.24, 2.45) is 4.99 Å². The molecule has 2 N–H and O–H groups in total. The topological polar surface area (TPSA) is 70.6 Å². The number of hydrogen-bond donors (Lipinski definition) is 2. The van der Waals surface area contributed by atoms with Crippen molar-refractivity contribution in [2.75, 3.05) is 25.6 Å². The monoisotopic (exact) mass is 499 g/mol. The van der Waals surface area contributed by atoms with E-state index in [1.807, 2.05) is 19.1 Å². The molecule has 8 heteroatoms. The molecule has 1 saturated carbocycles. The first kappa shape index (κ1) is 22.5. The summed E-state index contributed by atoms with van der Waals surface area (Å²) in [4.78, 5) is 4.23. The molecule has 1 aromatic rings. The number of nitrogens with one attached hydrogen (secondary N) is 2. The first-order valence-corrected chi connectivity index (χ1v) is 10.6. The van der Waals surface area contributed by atoms with Crippen LogP contribution in [0.25, 0.3) is 0 Å². The lowest BCUT2D eigenvalue weighted by molar-refractivity contribution is 0.576. The fourth-order valence-electron chi connectivity index (χ4n) is 2.67. The lowest BCUT2D eigenvalue weighted by Gasteiger charge is -2.21. The van der Waals surface area contributed by atoms with E-state index in [0.29, 0.717) is 12.4 Å². The second-order valence-electron chi connectivity index (χ2n) is 6.68. The van der Waals surface area contributed by atoms with E-state index in [4.69, 9.17) is 11.6 Å². The van der Waals surface area contributed by atoms with Gasteiger partial charge in [-0.25, -0.2) is 8.42 Å². The van der Waals surface area contributed by atoms with Crippen LogP contribution in [0.1, 0.15) is 31.7 Å². The summed E-state index contributed by atoms with van der Waals surface area (Å²) in [7, 11) is -1.22. The summed E-state index contributed by atoms with van der Waals surface area (Å²) >= 11 is 5.96. The molecule has 1 aliphatic carbocycles. The molecule has 25 heavy (non-hydrogen) atoms. The van der Waals surface area contributed by atoms with Gasteiger partial charge < -0.3 is 10.6 Å². The zero-order chi connectivity index (χ0) is 17.8. The molecule has 0 aliphatic heterocycles. The van der Waals surface area contributed by atoms with Crippen LogP contribution in [-0.4, -0.2) is 46.0 Å². The molecule has 0 saturated heterocycles. The Balaban J connectivity index is 0.00000312. The minimum Gasteiger partial charge on any atom is -0.356 e. The van der Waals surface area contributed by atoms with Crippen LogP contribution in [0, 0.1) is 0 Å². The van der Waals surface area contributed by atoms with Crippen LogP contribution >= 0.6 is 35.6 Å². The maximum atomic E-state index is 11.3. The predicted octanol–water partition coefficient (Wildman–Crippen LogP) is 2.98. The second kappa shape index (κ2) is 9.41. The number of halogens is 2. The second-order valence-corrected chi connectivity index (χ2v) is 9.37. The molecule has 1 fully saturated rings. The zero-order valence-electron chi connectivity index (χ0n) is 14.9. The molecule has 142 valence electrons. The molecule has 0 amide bonds. The first-order chi connectivity index (χ1) is 11.2. The van der Waals surface area contributed by atoms with Gasteiger partial charge in [0.2, 0.25) is 0 Å². The fraction of sp³-hybridized carbons (Fsp3) is 0.588. The molecule has 0 aromatic heterocycles. The average molecular weight is 500 g/mol. The average Bonchev–Trinajstić information content (AvgIpc) is 3.30. The Morgan fingerprint density at radius 1 is 1.32 bits per heavy atom. The SMILES string of the molecule is CN=C(NCC1(c2ccc(Cl)cc2)CC1)NC(C)CCS(C)(=O)=O.I. The summed E-state index contributed by atoms with van der Waals surface area (Å²) in [6.45, 7) is 2.76. The van der Waals surface area contributed by atoms with E-state index in [-0.39, 0.29) is 41.2 Å². The maximum absolute atomic E-state index is 11.3. The quantitative estimate of drug-likeness (QED) is 0.344. The molecule has 1 unspecified atom stereocenters. The molecule has 2 rings (SSSR count). The summed E-state index contributed by atoms with van der Waals surface area (Å²) in [5.74, 6) is 0.878. The highest BCUT2D eigenvalue weighted by molar-refractivity contribution is 14.0. The molecule has 1 aliphatic rings. The van der Waals surface area contributed by atoms with Crippen molar-refractivity contribution in [2.45, 2.75) is 37.6 Å². The third-order valence-corrected chi connectivity index (χ3v) is 5.66. The predicted molar refractivity (Wildman–Crippen MR) is 116 cm³/mol. The van der Waals surface area contributed by atoms with Crippen molar-refractivity contribution in [3.05, 3.63) is 34.9 Å². The largest absolute Gasteiger partial charge is 0.356 e. The van der Waals surface area contributed by atoms with Gasteiger partial charge in [-0.3, -0.25) is 4.99 Å². The van der Waals surface area contributed by atoms with Crippen molar-refractivity contribution in [1.29, 1.82) is 0 Å². The minimum absolute atomic E-state index is 0. The highest BCUT2D eigenvalue weighted by Crippen LogP contribution is 2.47. The summed E-state index contributed by atoms with van der Waals surface area (Å²) in [5.41, 5.74) is 1.44. The summed E-state index contributed by atoms with van der Waals surface area (Å²) in [6, 6.07) is 8.06. The summed E-state index contributed by atoms with van der Waals surface area (Å²) in [6.07, 6.45) is 4.10. The molecule has 1 atom stereocenters. The molecular weight excluding hydrogens is 473 g/mol. The molecule has 0 spiro atoms. The van der Waals surface area contributed by atoms with E-state index < -0.39 is 9.84 Å². The number of benzene rings is 1. The number of nitrogens with zero attached hydrogens (tertiary/aromatic N) is 1. The van der Waals surface area contributed by atoms with Crippen molar-refractivity contribution < 1.29 is 8.42 Å². The Morgan fingerprint density at radius 2 is 1.92 bits per heavy atom. The van der Waals surface area contributed by atoms with Crippen LogP contribution in [0.3, 0.4) is 0 Å². The Bertz CT molecular complexity index is 688. The summed E-state index contributed by atoms with van der Waals surface area (Å²) < 4.78 is 22.5. The Labute approximate surface area is 173 Å². The van der Waals surface area contributed by atoms with Crippen LogP contribution in [0.2, 0.25) is 5.02 Å². The normalized spacial score (nSPS) is 17.4. The van der Waals surface area contributed by atoms with Gasteiger partial charge in [0.25, 0.3) is 0 Å². The molecule has 0 bridgehead atoms. The highest BCUT2D eigenvalue weighted by Gasteiger charge is 2.44. The minimum atomic E-state index is -2.94. The van der Waals surface area contributed by atoms with Gasteiger partial charge >= 0.3 is 0 Å². The Hall–Kier alpha value is -0.540. The van der Waals surface area contributed by atoms with Gasteiger partial charge in [-0.15, -0.1) is 24.0 Å². The Morgan fingerprint density at radius 3 is 2.40 bits per heavy atom. The third-order valence-electron chi connectivity index (χ3n) is 4.43. The molecular formula is C17H27ClIN3O2S. The van der Waals surface area contributed by atoms with E-state index in [1.165, 1.54) is 11.8 Å². The zero-order valence-corrected chi connectivity index (χ0v) is 18.8. The van der Waals surface area contributed by atoms with Crippen LogP contribution in [0.15, 0.2) is 29.3 Å². The highest BCUT2D eigenvalue weighted by atomic mass is 127. The lowest BCUT2D eigenvalue weighted by Crippen LogP contribution is -2.45. The Kier molecular flexibility index (Phi) is 8.47. The van der Waals surface area contributed by atoms with Crippen molar-refractivity contribution in [3.8, 4) is 0 Å². The van der Waals surface area contributed by atoms with Crippen LogP contribution in [-0.2, 0) is 15.3 Å². The van der Waals surface area contributed by atoms with Gasteiger partial charge in [0.15, 0.2) is 5.96 Å². The number of aliphatic imine (C=N–C) groups is 1. The molecule has 0 heterocycles. The van der Waals surface area contributed by atoms with E-state index in [9.17, 15) is 8.42 Å². The van der Waals surface area contributed by atoms with Crippen LogP contribution < -0.4 is 10.6 Å². The van der Waals surface area contributed by atoms with Crippen molar-refractivity contribution >= 4 is 51.4 Å². The van der Waals surface area contributed by atoms with Crippen molar-refractivity contribution in [3.63, 3.8) is 0 Å². The number of rotatable bonds is 7. The van der Waals surface area contributed by atoms with E-state index in [1.54, 1.807) is 7.05 Å².